The summed E-state index contributed by atoms with van der Waals surface area (Å²) < 4.78 is 11.9. The van der Waals surface area contributed by atoms with E-state index in [1.807, 2.05) is 159 Å². The van der Waals surface area contributed by atoms with Gasteiger partial charge >= 0.3 is 18.2 Å². The summed E-state index contributed by atoms with van der Waals surface area (Å²) in [6.07, 6.45) is 5.25. The number of benzene rings is 6. The van der Waals surface area contributed by atoms with Crippen LogP contribution in [-0.2, 0) is 52.6 Å². The lowest BCUT2D eigenvalue weighted by atomic mass is 9.73. The average Bonchev–Trinajstić information content (AvgIpc) is 1.62. The number of fused-ring (bicyclic) bond motifs is 6. The molecule has 3 aliphatic carbocycles. The second-order valence-electron chi connectivity index (χ2n) is 33.7. The highest BCUT2D eigenvalue weighted by Gasteiger charge is 2.46. The maximum Gasteiger partial charge on any atom is 0.410 e. The Kier molecular flexibility index (Phi) is 29.8. The number of rotatable bonds is 33. The number of thiazole rings is 2. The molecule has 0 bridgehead atoms. The number of ether oxygens (including phenoxy) is 2. The fourth-order valence-electron chi connectivity index (χ4n) is 18.4. The summed E-state index contributed by atoms with van der Waals surface area (Å²) in [7, 11) is 2.99. The van der Waals surface area contributed by atoms with Gasteiger partial charge in [0.1, 0.15) is 58.8 Å². The van der Waals surface area contributed by atoms with Gasteiger partial charge in [0.05, 0.1) is 6.04 Å². The van der Waals surface area contributed by atoms with Crippen LogP contribution in [0, 0.1) is 23.7 Å². The van der Waals surface area contributed by atoms with E-state index >= 15 is 9.59 Å². The Morgan fingerprint density at radius 1 is 0.468 bits per heavy atom. The largest absolute Gasteiger partial charge is 0.448 e. The number of nitrogens with one attached hydrogen (secondary N) is 7. The number of carbonyl (C=O) groups is 12. The first kappa shape index (κ1) is 90.1. The van der Waals surface area contributed by atoms with Crippen LogP contribution in [0.1, 0.15) is 171 Å². The van der Waals surface area contributed by atoms with Crippen LogP contribution >= 0.6 is 22.7 Å². The predicted molar refractivity (Wildman–Crippen MR) is 484 cm³/mol. The molecule has 5 heterocycles. The van der Waals surface area contributed by atoms with Gasteiger partial charge in [-0.15, -0.1) is 0 Å². The SMILES string of the molecule is CCCC(=O)Nc1nc(-c2ccccc2)c(NC(=O)[C@@H]2CCCN2C(=O)[C@@H](CC(=O)[C@H](C)N(C)C(=O)OCC2c3ccccc3-c3ccccc32)C2CCC(C(=O)NCCCCNC(=O)N3CCC([C@H](NC(=O)[C@H](C)N(C)C(=O)OCC4c5ccccc5-c5ccccc54)C(=O)N4CCC[C@H]4C(=O)Nc4sc(NC(=O)CCC)nc4-c4ccccc4)CC3)CC2)s1. The number of nitrogens with zero attached hydrogens (tertiary/aromatic N) is 7. The van der Waals surface area contributed by atoms with Gasteiger partial charge in [0.15, 0.2) is 16.0 Å². The zero-order valence-electron chi connectivity index (χ0n) is 72.2. The second-order valence-corrected chi connectivity index (χ2v) is 35.7. The van der Waals surface area contributed by atoms with E-state index in [0.29, 0.717) is 146 Å². The van der Waals surface area contributed by atoms with Crippen molar-refractivity contribution in [1.29, 1.82) is 0 Å². The predicted octanol–water partition coefficient (Wildman–Crippen LogP) is 14.7. The van der Waals surface area contributed by atoms with Crippen LogP contribution in [0.25, 0.3) is 44.8 Å². The van der Waals surface area contributed by atoms with Crippen LogP contribution in [0.2, 0.25) is 0 Å². The number of aromatic nitrogens is 2. The van der Waals surface area contributed by atoms with Crippen LogP contribution in [0.5, 0.6) is 0 Å². The van der Waals surface area contributed by atoms with Gasteiger partial charge in [-0.3, -0.25) is 48.1 Å². The zero-order valence-corrected chi connectivity index (χ0v) is 73.8. The number of hydrogen-bond donors (Lipinski definition) is 7. The van der Waals surface area contributed by atoms with E-state index in [-0.39, 0.29) is 112 Å². The molecule has 0 spiro atoms. The topological polar surface area (TPSA) is 349 Å². The first-order valence-corrected chi connectivity index (χ1v) is 45.9. The highest BCUT2D eigenvalue weighted by Crippen LogP contribution is 2.48. The van der Waals surface area contributed by atoms with Gasteiger partial charge in [-0.1, -0.05) is 194 Å². The van der Waals surface area contributed by atoms with E-state index in [0.717, 1.165) is 67.2 Å². The van der Waals surface area contributed by atoms with E-state index in [1.165, 1.54) is 28.8 Å². The molecule has 12 amide bonds. The lowest BCUT2D eigenvalue weighted by Gasteiger charge is -2.38. The summed E-state index contributed by atoms with van der Waals surface area (Å²) in [6, 6.07) is 45.1. The Labute approximate surface area is 742 Å². The minimum absolute atomic E-state index is 0.0231. The van der Waals surface area contributed by atoms with Crippen molar-refractivity contribution in [3.63, 3.8) is 0 Å². The molecule has 6 aromatic carbocycles. The lowest BCUT2D eigenvalue weighted by Crippen LogP contribution is -2.59. The molecule has 3 saturated heterocycles. The fraction of sp³-hybridized carbons (Fsp3) is 0.438. The number of hydrogen-bond acceptors (Lipinski definition) is 18. The van der Waals surface area contributed by atoms with E-state index in [4.69, 9.17) is 19.4 Å². The fourth-order valence-corrected chi connectivity index (χ4v) is 20.3. The number of unbranched alkanes of at least 4 members (excludes halogenated alkanes) is 1. The van der Waals surface area contributed by atoms with Crippen LogP contribution in [0.4, 0.5) is 34.6 Å². The van der Waals surface area contributed by atoms with E-state index in [2.05, 4.69) is 49.4 Å². The van der Waals surface area contributed by atoms with Crippen LogP contribution in [0.15, 0.2) is 158 Å². The molecular formula is C96H112N14O14S2. The van der Waals surface area contributed by atoms with Crippen molar-refractivity contribution in [2.45, 2.75) is 179 Å². The molecule has 30 heteroatoms. The summed E-state index contributed by atoms with van der Waals surface area (Å²) >= 11 is 2.24. The number of ketones is 1. The quantitative estimate of drug-likeness (QED) is 0.0188. The maximum atomic E-state index is 15.4. The maximum absolute atomic E-state index is 15.4. The molecular weight excluding hydrogens is 1640 g/mol. The van der Waals surface area contributed by atoms with Gasteiger partial charge in [0.25, 0.3) is 0 Å². The van der Waals surface area contributed by atoms with Crippen molar-refractivity contribution >= 4 is 114 Å². The number of urea groups is 1. The molecule has 0 radical (unpaired) electrons. The van der Waals surface area contributed by atoms with Gasteiger partial charge < -0.3 is 66.3 Å². The molecule has 0 unspecified atom stereocenters. The molecule has 6 aliphatic rings. The number of piperidine rings is 1. The first-order chi connectivity index (χ1) is 61.0. The van der Waals surface area contributed by atoms with E-state index < -0.39 is 83.8 Å². The summed E-state index contributed by atoms with van der Waals surface area (Å²) in [5.41, 5.74) is 10.7. The van der Waals surface area contributed by atoms with Gasteiger partial charge in [0, 0.05) is 107 Å². The lowest BCUT2D eigenvalue weighted by molar-refractivity contribution is -0.144. The van der Waals surface area contributed by atoms with Crippen molar-refractivity contribution in [1.82, 2.24) is 50.4 Å². The third-order valence-corrected chi connectivity index (χ3v) is 27.5. The summed E-state index contributed by atoms with van der Waals surface area (Å²) in [5.74, 6) is -5.88. The summed E-state index contributed by atoms with van der Waals surface area (Å²) in [6.45, 7) is 8.61. The van der Waals surface area contributed by atoms with Crippen molar-refractivity contribution < 1.29 is 67.0 Å². The minimum atomic E-state index is -1.17. The highest BCUT2D eigenvalue weighted by atomic mass is 32.1. The molecule has 14 rings (SSSR count). The standard InChI is InChI=1S/C96H112N14O14S2/c1-7-27-79(112)99-92-102-81(61-29-11-9-12-30-61)88(125-92)104-86(116)76-41-25-51-109(76)90(118)73(55-78(111)58(3)106(5)95(121)123-56-74-69-37-19-15-33-65(69)66-34-16-20-38-70(66)74)60-43-45-64(46-44-60)85(115)97-49-23-24-50-98-94(120)108-53-47-63(48-54-108)83(101-84(114)59(4)107(6)96(122)124-57-75-71-39-21-17-35-67(71)68-36-18-22-40-72(68)75)91(119)110-52-26-42-77(110)87(117)105-89-82(62-31-13-10-14-32-62)103-93(126-89)100-80(113)28-8-2/h9-22,29-40,58-60,63-64,73-77,83H,7-8,23-28,41-57H2,1-6H3,(H,97,115)(H,98,120)(H,101,114)(H,104,116)(H,105,117)(H,99,102,112)(H,100,103,113)/t58-,59-,60?,64?,73-,76-,77-,83-/m0/s1. The van der Waals surface area contributed by atoms with Gasteiger partial charge in [-0.25, -0.2) is 24.4 Å². The number of anilines is 4. The Balaban J connectivity index is 0.585. The molecule has 28 nitrogen and oxygen atoms in total. The van der Waals surface area contributed by atoms with Crippen LogP contribution in [0.3, 0.4) is 0 Å². The molecule has 3 aliphatic heterocycles. The molecule has 662 valence electrons. The van der Waals surface area contributed by atoms with Crippen molar-refractivity contribution in [3.05, 3.63) is 180 Å². The molecule has 126 heavy (non-hydrogen) atoms. The minimum Gasteiger partial charge on any atom is -0.448 e. The smallest absolute Gasteiger partial charge is 0.410 e. The second kappa shape index (κ2) is 41.7. The normalized spacial score (nSPS) is 18.1. The van der Waals surface area contributed by atoms with Crippen molar-refractivity contribution in [2.24, 2.45) is 23.7 Å². The molecule has 7 N–H and O–H groups in total. The van der Waals surface area contributed by atoms with Gasteiger partial charge in [-0.2, -0.15) is 0 Å². The van der Waals surface area contributed by atoms with Crippen molar-refractivity contribution in [3.8, 4) is 44.8 Å². The number of likely N-dealkylation sites (N-methyl/N-ethyl adjacent to an activating group) is 2. The number of Topliss-reactive ketones (excluding diaryl/α,β-unsaturated/α-hetero) is 1. The van der Waals surface area contributed by atoms with Crippen molar-refractivity contribution in [2.75, 3.05) is 87.8 Å². The van der Waals surface area contributed by atoms with Crippen LogP contribution in [-0.4, -0.2) is 203 Å². The molecule has 6 atom stereocenters. The number of likely N-dealkylation sites (tertiary alicyclic amines) is 3. The monoisotopic (exact) mass is 1750 g/mol. The third-order valence-electron chi connectivity index (χ3n) is 25.7. The molecule has 2 aromatic heterocycles. The Hall–Kier alpha value is -12.2. The Morgan fingerprint density at radius 2 is 0.889 bits per heavy atom. The first-order valence-electron chi connectivity index (χ1n) is 44.3. The Morgan fingerprint density at radius 3 is 1.34 bits per heavy atom. The van der Waals surface area contributed by atoms with Gasteiger partial charge in [-0.05, 0) is 160 Å². The van der Waals surface area contributed by atoms with Gasteiger partial charge in [0.2, 0.25) is 47.3 Å². The van der Waals surface area contributed by atoms with E-state index in [1.54, 1.807) is 23.6 Å². The van der Waals surface area contributed by atoms with Crippen LogP contribution < -0.4 is 37.2 Å². The number of amides is 12. The summed E-state index contributed by atoms with van der Waals surface area (Å²) in [5, 5.41) is 22.4. The molecule has 1 saturated carbocycles. The number of carbonyl (C=O) groups excluding carboxylic acids is 12. The van der Waals surface area contributed by atoms with E-state index in [9.17, 15) is 47.9 Å². The molecule has 8 aromatic rings. The average molecular weight is 1750 g/mol. The highest BCUT2D eigenvalue weighted by molar-refractivity contribution is 7.20. The zero-order chi connectivity index (χ0) is 88.7. The third kappa shape index (κ3) is 20.8. The molecule has 4 fully saturated rings. The summed E-state index contributed by atoms with van der Waals surface area (Å²) in [4.78, 5) is 188. The Bertz CT molecular complexity index is 4890.